The van der Waals surface area contributed by atoms with Crippen molar-refractivity contribution in [1.82, 2.24) is 19.5 Å². The maximum Gasteiger partial charge on any atom is 0.343 e. The van der Waals surface area contributed by atoms with Crippen LogP contribution in [0.1, 0.15) is 18.1 Å². The van der Waals surface area contributed by atoms with Crippen LogP contribution in [0.4, 0.5) is 19.3 Å². The van der Waals surface area contributed by atoms with E-state index < -0.39 is 35.5 Å². The number of hydrogen-bond donors (Lipinski definition) is 4. The van der Waals surface area contributed by atoms with E-state index in [1.165, 1.54) is 25.3 Å². The lowest BCUT2D eigenvalue weighted by molar-refractivity contribution is 0.114. The number of carbonyl (C=O) groups excluding carboxylic acids is 1. The first kappa shape index (κ1) is 31.2. The molecular weight excluding hydrogens is 580 g/mol. The Hall–Kier alpha value is -4.79. The van der Waals surface area contributed by atoms with Crippen molar-refractivity contribution in [1.29, 1.82) is 0 Å². The number of rotatable bonds is 9. The summed E-state index contributed by atoms with van der Waals surface area (Å²) in [6, 6.07) is 9.67. The second kappa shape index (κ2) is 13.0. The monoisotopic (exact) mass is 611 g/mol. The molecule has 2 heterocycles. The summed E-state index contributed by atoms with van der Waals surface area (Å²) in [7, 11) is 4.95. The van der Waals surface area contributed by atoms with Crippen LogP contribution in [0.3, 0.4) is 0 Å². The van der Waals surface area contributed by atoms with E-state index in [0.29, 0.717) is 33.9 Å². The van der Waals surface area contributed by atoms with Gasteiger partial charge in [-0.25, -0.2) is 28.4 Å². The van der Waals surface area contributed by atoms with Gasteiger partial charge >= 0.3 is 11.7 Å². The lowest BCUT2D eigenvalue weighted by Gasteiger charge is -2.15. The molecule has 0 bridgehead atoms. The molecule has 0 atom stereocenters. The van der Waals surface area contributed by atoms with Crippen molar-refractivity contribution < 1.29 is 18.4 Å². The van der Waals surface area contributed by atoms with Gasteiger partial charge in [0.05, 0.1) is 19.0 Å². The number of nitrogens with one attached hydrogen (secondary N) is 2. The molecule has 0 aliphatic carbocycles. The number of halogens is 2. The Balaban J connectivity index is 2.04. The number of allylic oxidation sites excluding steroid dienone is 3. The maximum atomic E-state index is 14.8. The highest BCUT2D eigenvalue weighted by Gasteiger charge is 2.25. The maximum absolute atomic E-state index is 14.8. The van der Waals surface area contributed by atoms with E-state index in [2.05, 4.69) is 15.6 Å². The first-order valence-corrected chi connectivity index (χ1v) is 13.7. The van der Waals surface area contributed by atoms with Crippen molar-refractivity contribution >= 4 is 39.1 Å². The largest absolute Gasteiger partial charge is 0.402 e. The number of carbonyl (C=O) groups is 1. The third-order valence-corrected chi connectivity index (χ3v) is 7.60. The minimum absolute atomic E-state index is 0.177. The second-order valence-electron chi connectivity index (χ2n) is 9.88. The van der Waals surface area contributed by atoms with Crippen LogP contribution in [0, 0.1) is 11.6 Å². The molecule has 0 saturated carbocycles. The predicted molar refractivity (Wildman–Crippen MR) is 164 cm³/mol. The molecule has 14 heteroatoms. The third-order valence-electron chi connectivity index (χ3n) is 6.30. The predicted octanol–water partition coefficient (Wildman–Crippen LogP) is 3.58. The molecule has 2 amide bonds. The van der Waals surface area contributed by atoms with Gasteiger partial charge in [-0.05, 0) is 68.6 Å². The summed E-state index contributed by atoms with van der Waals surface area (Å²) in [5, 5.41) is 2.79. The highest BCUT2D eigenvalue weighted by atomic mass is 32.1. The van der Waals surface area contributed by atoms with Crippen molar-refractivity contribution in [2.24, 2.45) is 11.5 Å². The number of urea groups is 1. The number of benzene rings is 2. The van der Waals surface area contributed by atoms with Gasteiger partial charge in [0.1, 0.15) is 22.3 Å². The van der Waals surface area contributed by atoms with Crippen molar-refractivity contribution in [3.8, 4) is 10.4 Å². The summed E-state index contributed by atoms with van der Waals surface area (Å²) in [5.74, 6) is -1.89. The number of aromatic nitrogens is 2. The van der Waals surface area contributed by atoms with E-state index in [9.17, 15) is 23.2 Å². The van der Waals surface area contributed by atoms with Crippen molar-refractivity contribution in [2.75, 3.05) is 26.5 Å². The smallest absolute Gasteiger partial charge is 0.343 e. The zero-order valence-corrected chi connectivity index (χ0v) is 24.7. The second-order valence-corrected chi connectivity index (χ2v) is 10.9. The van der Waals surface area contributed by atoms with Crippen LogP contribution in [0.15, 0.2) is 69.9 Å². The zero-order valence-electron chi connectivity index (χ0n) is 23.9. The Bertz CT molecular complexity index is 1830. The molecule has 226 valence electrons. The summed E-state index contributed by atoms with van der Waals surface area (Å²) in [5.41, 5.74) is 14.3. The molecule has 43 heavy (non-hydrogen) atoms. The van der Waals surface area contributed by atoms with Crippen LogP contribution in [0.2, 0.25) is 0 Å². The topological polar surface area (TPSA) is 150 Å². The normalized spacial score (nSPS) is 12.3. The summed E-state index contributed by atoms with van der Waals surface area (Å²) >= 11 is 1.14. The quantitative estimate of drug-likeness (QED) is 0.167. The number of nitrogens with two attached hydrogens (primary N) is 2. The number of fused-ring (bicyclic) bond motifs is 1. The van der Waals surface area contributed by atoms with Crippen LogP contribution in [-0.2, 0) is 17.9 Å². The molecule has 0 aliphatic heterocycles. The summed E-state index contributed by atoms with van der Waals surface area (Å²) in [6.45, 7) is 1.41. The summed E-state index contributed by atoms with van der Waals surface area (Å²) in [4.78, 5) is 47.0. The van der Waals surface area contributed by atoms with Gasteiger partial charge in [-0.1, -0.05) is 18.2 Å². The lowest BCUT2D eigenvalue weighted by Crippen LogP contribution is -2.41. The molecule has 2 aromatic carbocycles. The van der Waals surface area contributed by atoms with Crippen LogP contribution >= 0.6 is 11.3 Å². The van der Waals surface area contributed by atoms with E-state index >= 15 is 0 Å². The van der Waals surface area contributed by atoms with Crippen LogP contribution in [0.5, 0.6) is 0 Å². The Morgan fingerprint density at radius 3 is 2.28 bits per heavy atom. The van der Waals surface area contributed by atoms with Crippen LogP contribution in [-0.4, -0.2) is 41.3 Å². The minimum Gasteiger partial charge on any atom is -0.402 e. The third kappa shape index (κ3) is 6.66. The van der Waals surface area contributed by atoms with Gasteiger partial charge in [0.2, 0.25) is 0 Å². The lowest BCUT2D eigenvalue weighted by atomic mass is 10.1. The highest BCUT2D eigenvalue weighted by molar-refractivity contribution is 7.22. The average Bonchev–Trinajstić information content (AvgIpc) is 3.30. The van der Waals surface area contributed by atoms with Gasteiger partial charge in [-0.15, -0.1) is 11.3 Å². The molecule has 0 saturated heterocycles. The molecule has 4 rings (SSSR count). The highest BCUT2D eigenvalue weighted by Crippen LogP contribution is 2.38. The Morgan fingerprint density at radius 1 is 1.05 bits per heavy atom. The van der Waals surface area contributed by atoms with Gasteiger partial charge in [-0.3, -0.25) is 14.2 Å². The number of hydrogen-bond acceptors (Lipinski definition) is 8. The van der Waals surface area contributed by atoms with E-state index in [1.807, 2.05) is 19.0 Å². The Kier molecular flexibility index (Phi) is 9.43. The van der Waals surface area contributed by atoms with E-state index in [-0.39, 0.29) is 21.6 Å². The van der Waals surface area contributed by atoms with Crippen molar-refractivity contribution in [3.63, 3.8) is 0 Å². The first-order valence-electron chi connectivity index (χ1n) is 12.9. The minimum atomic E-state index is -0.870. The number of anilines is 1. The first-order chi connectivity index (χ1) is 20.4. The van der Waals surface area contributed by atoms with Gasteiger partial charge < -0.3 is 21.7 Å². The molecule has 0 fully saturated rings. The fraction of sp³-hybridized carbons (Fsp3) is 0.207. The van der Waals surface area contributed by atoms with Crippen molar-refractivity contribution in [2.45, 2.75) is 20.0 Å². The standard InChI is InChI=1S/C29H31F2N7O4S/c1-16(32)8-13-23(33)38-26(39)24-20(14-36(2)3)25(17-9-11-18(12-10-17)34-28(40)35-42-4)43-27(24)37(29(38)41)15-19-21(30)6-5-7-22(19)31/h5-13H,14-15,32-33H2,1-4H3,(H2,34,35,40)/b16-8-,23-13+. The van der Waals surface area contributed by atoms with E-state index in [1.54, 1.807) is 31.2 Å². The fourth-order valence-electron chi connectivity index (χ4n) is 4.42. The summed E-state index contributed by atoms with van der Waals surface area (Å²) < 4.78 is 31.5. The van der Waals surface area contributed by atoms with Gasteiger partial charge in [0.25, 0.3) is 5.56 Å². The molecule has 2 aromatic heterocycles. The SMILES string of the molecule is CONC(=O)Nc1ccc(-c2sc3c(c2CN(C)C)c(=O)n(/C(N)=C/C=C(/C)N)c(=O)n3Cc2c(F)cccc2F)cc1. The number of thiophene rings is 1. The van der Waals surface area contributed by atoms with Gasteiger partial charge in [0.15, 0.2) is 0 Å². The zero-order chi connectivity index (χ0) is 31.4. The van der Waals surface area contributed by atoms with Crippen LogP contribution in [0.25, 0.3) is 26.5 Å². The molecule has 6 N–H and O–H groups in total. The Morgan fingerprint density at radius 2 is 1.70 bits per heavy atom. The Labute approximate surface area is 249 Å². The van der Waals surface area contributed by atoms with Crippen molar-refractivity contribution in [3.05, 3.63) is 104 Å². The number of nitrogens with zero attached hydrogens (tertiary/aromatic N) is 3. The van der Waals surface area contributed by atoms with E-state index in [0.717, 1.165) is 32.6 Å². The van der Waals surface area contributed by atoms with Gasteiger partial charge in [0, 0.05) is 28.4 Å². The summed E-state index contributed by atoms with van der Waals surface area (Å²) in [6.07, 6.45) is 2.76. The molecule has 4 aromatic rings. The fourth-order valence-corrected chi connectivity index (χ4v) is 5.73. The molecule has 11 nitrogen and oxygen atoms in total. The van der Waals surface area contributed by atoms with Gasteiger partial charge in [-0.2, -0.15) is 0 Å². The number of hydroxylamine groups is 1. The molecule has 0 spiro atoms. The average molecular weight is 612 g/mol. The molecule has 0 radical (unpaired) electrons. The van der Waals surface area contributed by atoms with E-state index in [4.69, 9.17) is 11.5 Å². The number of amides is 2. The van der Waals surface area contributed by atoms with Crippen LogP contribution < -0.4 is 33.5 Å². The molecular formula is C29H31F2N7O4S. The molecule has 0 aliphatic rings. The molecule has 0 unspecified atom stereocenters.